The van der Waals surface area contributed by atoms with Crippen LogP contribution < -0.4 is 5.32 Å². The van der Waals surface area contributed by atoms with Gasteiger partial charge in [-0.15, -0.1) is 0 Å². The van der Waals surface area contributed by atoms with Crippen molar-refractivity contribution >= 4 is 6.09 Å². The second-order valence-electron chi connectivity index (χ2n) is 8.01. The predicted octanol–water partition coefficient (Wildman–Crippen LogP) is 2.38. The van der Waals surface area contributed by atoms with Gasteiger partial charge in [0.1, 0.15) is 5.60 Å². The Morgan fingerprint density at radius 2 is 2.09 bits per heavy atom. The molecule has 0 aromatic heterocycles. The van der Waals surface area contributed by atoms with Crippen molar-refractivity contribution in [3.63, 3.8) is 0 Å². The van der Waals surface area contributed by atoms with Gasteiger partial charge in [-0.1, -0.05) is 6.42 Å². The zero-order valence-electron chi connectivity index (χ0n) is 14.5. The van der Waals surface area contributed by atoms with Gasteiger partial charge >= 0.3 is 6.09 Å². The number of nitrogens with zero attached hydrogens (tertiary/aromatic N) is 1. The summed E-state index contributed by atoms with van der Waals surface area (Å²) in [6, 6.07) is 0.616. The first-order chi connectivity index (χ1) is 10.2. The standard InChI is InChI=1S/C17H32N2O3/c1-12(20)11-19(16(21)22-17(2,3)4)8-7-18-15-10-13-5-6-14(15)9-13/h12-15,18,20H,5-11H2,1-4H3. The third-order valence-corrected chi connectivity index (χ3v) is 4.66. The number of aliphatic hydroxyl groups excluding tert-OH is 1. The van der Waals surface area contributed by atoms with Gasteiger partial charge in [-0.2, -0.15) is 0 Å². The summed E-state index contributed by atoms with van der Waals surface area (Å²) in [5, 5.41) is 13.2. The van der Waals surface area contributed by atoms with Crippen molar-refractivity contribution in [2.24, 2.45) is 11.8 Å². The minimum atomic E-state index is -0.546. The molecule has 2 bridgehead atoms. The summed E-state index contributed by atoms with van der Waals surface area (Å²) < 4.78 is 5.42. The highest BCUT2D eigenvalue weighted by molar-refractivity contribution is 5.68. The van der Waals surface area contributed by atoms with Crippen molar-refractivity contribution in [3.8, 4) is 0 Å². The van der Waals surface area contributed by atoms with Gasteiger partial charge in [-0.25, -0.2) is 4.79 Å². The topological polar surface area (TPSA) is 61.8 Å². The van der Waals surface area contributed by atoms with Crippen LogP contribution in [0.2, 0.25) is 0 Å². The van der Waals surface area contributed by atoms with E-state index in [1.54, 1.807) is 11.8 Å². The summed E-state index contributed by atoms with van der Waals surface area (Å²) in [5.74, 6) is 1.75. The average molecular weight is 312 g/mol. The molecule has 5 heteroatoms. The maximum absolute atomic E-state index is 12.2. The van der Waals surface area contributed by atoms with E-state index in [1.165, 1.54) is 25.7 Å². The zero-order chi connectivity index (χ0) is 16.3. The predicted molar refractivity (Wildman–Crippen MR) is 86.7 cm³/mol. The van der Waals surface area contributed by atoms with Crippen LogP contribution in [0.3, 0.4) is 0 Å². The van der Waals surface area contributed by atoms with E-state index in [1.807, 2.05) is 20.8 Å². The molecule has 4 unspecified atom stereocenters. The Balaban J connectivity index is 1.78. The molecule has 0 aromatic rings. The van der Waals surface area contributed by atoms with Crippen LogP contribution >= 0.6 is 0 Å². The van der Waals surface area contributed by atoms with Gasteiger partial charge in [-0.3, -0.25) is 0 Å². The zero-order valence-corrected chi connectivity index (χ0v) is 14.5. The van der Waals surface area contributed by atoms with Crippen LogP contribution in [0.1, 0.15) is 53.4 Å². The highest BCUT2D eigenvalue weighted by Crippen LogP contribution is 2.44. The van der Waals surface area contributed by atoms with Crippen LogP contribution in [0.15, 0.2) is 0 Å². The lowest BCUT2D eigenvalue weighted by Gasteiger charge is -2.29. The summed E-state index contributed by atoms with van der Waals surface area (Å²) in [5.41, 5.74) is -0.508. The molecule has 0 saturated heterocycles. The molecule has 0 heterocycles. The summed E-state index contributed by atoms with van der Waals surface area (Å²) in [4.78, 5) is 13.8. The smallest absolute Gasteiger partial charge is 0.410 e. The Kier molecular flexibility index (Phi) is 5.72. The number of carbonyl (C=O) groups is 1. The van der Waals surface area contributed by atoms with Gasteiger partial charge in [0.2, 0.25) is 0 Å². The molecule has 2 aliphatic carbocycles. The van der Waals surface area contributed by atoms with E-state index < -0.39 is 11.7 Å². The molecule has 5 nitrogen and oxygen atoms in total. The fraction of sp³-hybridized carbons (Fsp3) is 0.941. The van der Waals surface area contributed by atoms with Gasteiger partial charge in [0, 0.05) is 25.7 Å². The lowest BCUT2D eigenvalue weighted by molar-refractivity contribution is 0.0162. The molecular formula is C17H32N2O3. The number of amides is 1. The van der Waals surface area contributed by atoms with Crippen molar-refractivity contribution in [1.29, 1.82) is 0 Å². The van der Waals surface area contributed by atoms with Crippen LogP contribution in [-0.4, -0.2) is 53.5 Å². The largest absolute Gasteiger partial charge is 0.444 e. The molecule has 2 fully saturated rings. The van der Waals surface area contributed by atoms with E-state index in [2.05, 4.69) is 5.32 Å². The Morgan fingerprint density at radius 1 is 1.36 bits per heavy atom. The molecule has 0 radical (unpaired) electrons. The van der Waals surface area contributed by atoms with Gasteiger partial charge in [0.15, 0.2) is 0 Å². The summed E-state index contributed by atoms with van der Waals surface area (Å²) in [7, 11) is 0. The third-order valence-electron chi connectivity index (χ3n) is 4.66. The second-order valence-corrected chi connectivity index (χ2v) is 8.01. The molecule has 22 heavy (non-hydrogen) atoms. The molecule has 0 aliphatic heterocycles. The molecule has 2 aliphatic rings. The Labute approximate surface area is 134 Å². The highest BCUT2D eigenvalue weighted by atomic mass is 16.6. The fourth-order valence-electron chi connectivity index (χ4n) is 3.78. The van der Waals surface area contributed by atoms with Crippen LogP contribution in [0.4, 0.5) is 4.79 Å². The molecule has 128 valence electrons. The summed E-state index contributed by atoms with van der Waals surface area (Å²) >= 11 is 0. The first-order valence-electron chi connectivity index (χ1n) is 8.64. The van der Waals surface area contributed by atoms with Crippen molar-refractivity contribution in [3.05, 3.63) is 0 Å². The van der Waals surface area contributed by atoms with Crippen molar-refractivity contribution < 1.29 is 14.6 Å². The number of nitrogens with one attached hydrogen (secondary N) is 1. The van der Waals surface area contributed by atoms with Crippen molar-refractivity contribution in [2.45, 2.75) is 71.1 Å². The van der Waals surface area contributed by atoms with Crippen molar-refractivity contribution in [2.75, 3.05) is 19.6 Å². The normalized spacial score (nSPS) is 28.7. The minimum absolute atomic E-state index is 0.313. The highest BCUT2D eigenvalue weighted by Gasteiger charge is 2.39. The Morgan fingerprint density at radius 3 is 2.59 bits per heavy atom. The number of hydrogen-bond acceptors (Lipinski definition) is 4. The SMILES string of the molecule is CC(O)CN(CCNC1CC2CCC1C2)C(=O)OC(C)(C)C. The van der Waals surface area contributed by atoms with Crippen LogP contribution in [-0.2, 0) is 4.74 Å². The van der Waals surface area contributed by atoms with Crippen LogP contribution in [0.5, 0.6) is 0 Å². The van der Waals surface area contributed by atoms with E-state index in [0.29, 0.717) is 19.1 Å². The lowest BCUT2D eigenvalue weighted by Crippen LogP contribution is -2.45. The molecule has 4 atom stereocenters. The lowest BCUT2D eigenvalue weighted by atomic mass is 9.95. The average Bonchev–Trinajstić information content (AvgIpc) is 2.97. The molecule has 2 rings (SSSR count). The minimum Gasteiger partial charge on any atom is -0.444 e. The number of aliphatic hydroxyl groups is 1. The Bertz CT molecular complexity index is 379. The van der Waals surface area contributed by atoms with Gasteiger partial charge in [0.05, 0.1) is 6.10 Å². The molecule has 1 amide bonds. The van der Waals surface area contributed by atoms with Crippen molar-refractivity contribution in [1.82, 2.24) is 10.2 Å². The molecule has 2 saturated carbocycles. The molecule has 0 aromatic carbocycles. The first kappa shape index (κ1) is 17.5. The first-order valence-corrected chi connectivity index (χ1v) is 8.64. The Hall–Kier alpha value is -0.810. The van der Waals surface area contributed by atoms with Gasteiger partial charge < -0.3 is 20.1 Å². The number of ether oxygens (including phenoxy) is 1. The van der Waals surface area contributed by atoms with Gasteiger partial charge in [-0.05, 0) is 58.8 Å². The van der Waals surface area contributed by atoms with E-state index >= 15 is 0 Å². The molecular weight excluding hydrogens is 280 g/mol. The maximum atomic E-state index is 12.2. The summed E-state index contributed by atoms with van der Waals surface area (Å²) in [6.07, 6.45) is 4.52. The van der Waals surface area contributed by atoms with E-state index in [0.717, 1.165) is 18.4 Å². The number of fused-ring (bicyclic) bond motifs is 2. The number of rotatable bonds is 6. The van der Waals surface area contributed by atoms with Gasteiger partial charge in [0.25, 0.3) is 0 Å². The number of carbonyl (C=O) groups excluding carboxylic acids is 1. The van der Waals surface area contributed by atoms with E-state index in [4.69, 9.17) is 4.74 Å². The number of hydrogen-bond donors (Lipinski definition) is 2. The third kappa shape index (κ3) is 5.13. The fourth-order valence-corrected chi connectivity index (χ4v) is 3.78. The van der Waals surface area contributed by atoms with Crippen LogP contribution in [0.25, 0.3) is 0 Å². The summed E-state index contributed by atoms with van der Waals surface area (Å²) in [6.45, 7) is 8.93. The molecule has 2 N–H and O–H groups in total. The second kappa shape index (κ2) is 7.18. The maximum Gasteiger partial charge on any atom is 0.410 e. The molecule has 0 spiro atoms. The quantitative estimate of drug-likeness (QED) is 0.790. The van der Waals surface area contributed by atoms with E-state index in [-0.39, 0.29) is 6.09 Å². The monoisotopic (exact) mass is 312 g/mol. The van der Waals surface area contributed by atoms with Crippen LogP contribution in [0, 0.1) is 11.8 Å². The van der Waals surface area contributed by atoms with E-state index in [9.17, 15) is 9.90 Å².